The molecule has 1 aliphatic heterocycles. The Morgan fingerprint density at radius 1 is 0.919 bits per heavy atom. The number of halogens is 2. The Balaban J connectivity index is 1.36. The van der Waals surface area contributed by atoms with E-state index in [4.69, 9.17) is 23.2 Å². The molecule has 10 heteroatoms. The third kappa shape index (κ3) is 4.69. The number of fused-ring (bicyclic) bond motifs is 1. The maximum absolute atomic E-state index is 13.0. The number of pyridine rings is 1. The first-order valence-electron chi connectivity index (χ1n) is 11.2. The molecule has 37 heavy (non-hydrogen) atoms. The summed E-state index contributed by atoms with van der Waals surface area (Å²) in [7, 11) is 0. The topological polar surface area (TPSA) is 105 Å². The number of carbonyl (C=O) groups is 3. The largest absolute Gasteiger partial charge is 0.317 e. The fourth-order valence-corrected chi connectivity index (χ4v) is 4.59. The van der Waals surface area contributed by atoms with E-state index in [-0.39, 0.29) is 24.2 Å². The van der Waals surface area contributed by atoms with Crippen molar-refractivity contribution in [3.05, 3.63) is 105 Å². The van der Waals surface area contributed by atoms with Crippen LogP contribution in [0.25, 0.3) is 11.3 Å². The molecule has 3 amide bonds. The number of aryl methyl sites for hydroxylation is 2. The van der Waals surface area contributed by atoms with E-state index in [0.717, 1.165) is 0 Å². The van der Waals surface area contributed by atoms with Crippen LogP contribution in [0.4, 0.5) is 5.69 Å². The summed E-state index contributed by atoms with van der Waals surface area (Å²) < 4.78 is 0. The molecule has 8 nitrogen and oxygen atoms in total. The highest BCUT2D eigenvalue weighted by Gasteiger charge is 2.35. The third-order valence-electron chi connectivity index (χ3n) is 5.95. The molecule has 0 saturated carbocycles. The Morgan fingerprint density at radius 2 is 1.62 bits per heavy atom. The minimum absolute atomic E-state index is 0.0216. The van der Waals surface area contributed by atoms with E-state index in [1.54, 1.807) is 68.4 Å². The zero-order valence-electron chi connectivity index (χ0n) is 19.8. The molecule has 0 unspecified atom stereocenters. The number of imide groups is 1. The first-order chi connectivity index (χ1) is 17.7. The van der Waals surface area contributed by atoms with Gasteiger partial charge in [0.25, 0.3) is 17.7 Å². The van der Waals surface area contributed by atoms with Gasteiger partial charge in [0.2, 0.25) is 5.82 Å². The van der Waals surface area contributed by atoms with E-state index < -0.39 is 5.91 Å². The minimum Gasteiger partial charge on any atom is -0.317 e. The van der Waals surface area contributed by atoms with Crippen molar-refractivity contribution in [2.45, 2.75) is 20.4 Å². The Labute approximate surface area is 222 Å². The van der Waals surface area contributed by atoms with Crippen LogP contribution in [0.5, 0.6) is 0 Å². The Morgan fingerprint density at radius 3 is 2.30 bits per heavy atom. The highest BCUT2D eigenvalue weighted by Crippen LogP contribution is 2.30. The molecule has 0 bridgehead atoms. The van der Waals surface area contributed by atoms with E-state index in [9.17, 15) is 14.4 Å². The number of aromatic nitrogens is 3. The van der Waals surface area contributed by atoms with Crippen LogP contribution in [0.2, 0.25) is 10.0 Å². The molecule has 4 aromatic rings. The van der Waals surface area contributed by atoms with Gasteiger partial charge < -0.3 is 5.32 Å². The lowest BCUT2D eigenvalue weighted by atomic mass is 10.1. The van der Waals surface area contributed by atoms with Crippen molar-refractivity contribution in [2.75, 3.05) is 5.32 Å². The van der Waals surface area contributed by atoms with Crippen molar-refractivity contribution >= 4 is 46.6 Å². The molecule has 1 N–H and O–H groups in total. The minimum atomic E-state index is -0.527. The molecule has 0 spiro atoms. The van der Waals surface area contributed by atoms with Crippen LogP contribution >= 0.6 is 23.2 Å². The molecule has 0 atom stereocenters. The summed E-state index contributed by atoms with van der Waals surface area (Å²) in [6.45, 7) is 3.56. The second kappa shape index (κ2) is 9.72. The number of hydrogen-bond acceptors (Lipinski definition) is 6. The summed E-state index contributed by atoms with van der Waals surface area (Å²) in [6, 6.07) is 15.1. The lowest BCUT2D eigenvalue weighted by molar-refractivity contribution is 0.0640. The normalized spacial score (nSPS) is 12.6. The fourth-order valence-electron chi connectivity index (χ4n) is 4.21. The number of benzene rings is 2. The molecule has 3 heterocycles. The first kappa shape index (κ1) is 24.5. The fraction of sp³-hybridized carbons (Fsp3) is 0.111. The monoisotopic (exact) mass is 531 g/mol. The first-order valence-corrected chi connectivity index (χ1v) is 12.0. The van der Waals surface area contributed by atoms with Crippen LogP contribution in [-0.2, 0) is 6.54 Å². The average Bonchev–Trinajstić information content (AvgIpc) is 3.12. The van der Waals surface area contributed by atoms with Gasteiger partial charge in [-0.25, -0.2) is 9.97 Å². The van der Waals surface area contributed by atoms with Crippen LogP contribution in [-0.4, -0.2) is 37.6 Å². The number of anilines is 1. The summed E-state index contributed by atoms with van der Waals surface area (Å²) >= 11 is 12.4. The van der Waals surface area contributed by atoms with Crippen molar-refractivity contribution in [3.8, 4) is 11.3 Å². The van der Waals surface area contributed by atoms with Crippen molar-refractivity contribution < 1.29 is 14.4 Å². The lowest BCUT2D eigenvalue weighted by Gasteiger charge is -2.16. The third-order valence-corrected chi connectivity index (χ3v) is 6.52. The number of carbonyl (C=O) groups excluding carboxylic acids is 3. The van der Waals surface area contributed by atoms with Crippen molar-refractivity contribution in [1.29, 1.82) is 0 Å². The van der Waals surface area contributed by atoms with Crippen molar-refractivity contribution in [3.63, 3.8) is 0 Å². The van der Waals surface area contributed by atoms with Gasteiger partial charge in [0.05, 0.1) is 45.5 Å². The van der Waals surface area contributed by atoms with E-state index in [1.165, 1.54) is 11.1 Å². The number of hydrogen-bond donors (Lipinski definition) is 1. The van der Waals surface area contributed by atoms with Crippen LogP contribution in [0, 0.1) is 13.8 Å². The van der Waals surface area contributed by atoms with E-state index in [0.29, 0.717) is 55.1 Å². The maximum Gasteiger partial charge on any atom is 0.293 e. The second-order valence-electron chi connectivity index (χ2n) is 8.48. The molecule has 2 aromatic heterocycles. The molecule has 0 fully saturated rings. The summed E-state index contributed by atoms with van der Waals surface area (Å²) in [5.41, 5.74) is 4.04. The Kier molecular flexibility index (Phi) is 6.45. The molecule has 2 aromatic carbocycles. The molecular weight excluding hydrogens is 513 g/mol. The Bertz CT molecular complexity index is 1550. The Hall–Kier alpha value is -4.14. The molecule has 0 radical (unpaired) electrons. The van der Waals surface area contributed by atoms with Gasteiger partial charge in [0, 0.05) is 16.8 Å². The summed E-state index contributed by atoms with van der Waals surface area (Å²) in [5.74, 6) is -1.29. The molecule has 1 aliphatic rings. The summed E-state index contributed by atoms with van der Waals surface area (Å²) in [5, 5.41) is 3.75. The lowest BCUT2D eigenvalue weighted by Crippen LogP contribution is -2.29. The van der Waals surface area contributed by atoms with Gasteiger partial charge in [-0.15, -0.1) is 0 Å². The summed E-state index contributed by atoms with van der Waals surface area (Å²) in [4.78, 5) is 52.6. The van der Waals surface area contributed by atoms with E-state index >= 15 is 0 Å². The van der Waals surface area contributed by atoms with Crippen molar-refractivity contribution in [1.82, 2.24) is 19.9 Å². The quantitative estimate of drug-likeness (QED) is 0.340. The van der Waals surface area contributed by atoms with Crippen LogP contribution in [0.3, 0.4) is 0 Å². The second-order valence-corrected chi connectivity index (χ2v) is 9.32. The predicted octanol–water partition coefficient (Wildman–Crippen LogP) is 5.51. The van der Waals surface area contributed by atoms with Crippen LogP contribution in [0.1, 0.15) is 48.3 Å². The molecule has 184 valence electrons. The van der Waals surface area contributed by atoms with Gasteiger partial charge in [0.1, 0.15) is 0 Å². The highest BCUT2D eigenvalue weighted by molar-refractivity contribution is 6.35. The van der Waals surface area contributed by atoms with Gasteiger partial charge >= 0.3 is 0 Å². The van der Waals surface area contributed by atoms with Gasteiger partial charge in [-0.2, -0.15) is 0 Å². The smallest absolute Gasteiger partial charge is 0.293 e. The highest BCUT2D eigenvalue weighted by atomic mass is 35.5. The zero-order chi connectivity index (χ0) is 26.3. The van der Waals surface area contributed by atoms with E-state index in [2.05, 4.69) is 20.3 Å². The SMILES string of the molecule is Cc1cc(CN2C(=O)c3ccccc3C2=O)nc(C)c1NC(=O)c1nccc(-c2cc(Cl)ccc2Cl)n1. The number of amides is 3. The van der Waals surface area contributed by atoms with Crippen LogP contribution in [0.15, 0.2) is 60.8 Å². The van der Waals surface area contributed by atoms with Gasteiger partial charge in [0.15, 0.2) is 0 Å². The molecule has 5 rings (SSSR count). The maximum atomic E-state index is 13.0. The van der Waals surface area contributed by atoms with Gasteiger partial charge in [-0.05, 0) is 61.9 Å². The molecule has 0 aliphatic carbocycles. The molecular formula is C27H19Cl2N5O3. The summed E-state index contributed by atoms with van der Waals surface area (Å²) in [6.07, 6.45) is 1.47. The standard InChI is InChI=1S/C27H19Cl2N5O3/c1-14-11-17(13-34-26(36)18-5-3-4-6-19(18)27(34)37)31-15(2)23(14)33-25(35)24-30-10-9-22(32-24)20-12-16(28)7-8-21(20)29/h3-12H,13H2,1-2H3,(H,33,35). The van der Waals surface area contributed by atoms with Crippen molar-refractivity contribution in [2.24, 2.45) is 0 Å². The van der Waals surface area contributed by atoms with Gasteiger partial charge in [-0.1, -0.05) is 35.3 Å². The number of nitrogens with zero attached hydrogens (tertiary/aromatic N) is 4. The van der Waals surface area contributed by atoms with E-state index in [1.807, 2.05) is 0 Å². The number of nitrogens with one attached hydrogen (secondary N) is 1. The van der Waals surface area contributed by atoms with Crippen LogP contribution < -0.4 is 5.32 Å². The predicted molar refractivity (Wildman–Crippen MR) is 140 cm³/mol. The zero-order valence-corrected chi connectivity index (χ0v) is 21.3. The molecule has 0 saturated heterocycles. The van der Waals surface area contributed by atoms with Gasteiger partial charge in [-0.3, -0.25) is 24.3 Å². The number of rotatable bonds is 5. The average molecular weight is 532 g/mol.